The summed E-state index contributed by atoms with van der Waals surface area (Å²) >= 11 is 0. The van der Waals surface area contributed by atoms with Crippen LogP contribution in [0.5, 0.6) is 0 Å². The quantitative estimate of drug-likeness (QED) is 0.530. The van der Waals surface area contributed by atoms with Crippen molar-refractivity contribution in [2.75, 3.05) is 6.54 Å². The molecule has 0 bridgehead atoms. The lowest BCUT2D eigenvalue weighted by Crippen LogP contribution is -2.51. The maximum absolute atomic E-state index is 10.1. The van der Waals surface area contributed by atoms with Gasteiger partial charge in [-0.25, -0.2) is 0 Å². The SMILES string of the molecule is OC1(O)CCCC2NCC3C=CC=CC3=C21. The summed E-state index contributed by atoms with van der Waals surface area (Å²) in [6, 6.07) is 0.145. The molecule has 0 aromatic rings. The van der Waals surface area contributed by atoms with Crippen molar-refractivity contribution in [3.8, 4) is 0 Å². The largest absolute Gasteiger partial charge is 0.362 e. The molecule has 1 heterocycles. The predicted octanol–water partition coefficient (Wildman–Crippen LogP) is 0.862. The van der Waals surface area contributed by atoms with Crippen molar-refractivity contribution in [2.24, 2.45) is 5.92 Å². The molecule has 3 aliphatic rings. The van der Waals surface area contributed by atoms with Crippen molar-refractivity contribution in [2.45, 2.75) is 31.1 Å². The van der Waals surface area contributed by atoms with Gasteiger partial charge in [-0.15, -0.1) is 0 Å². The van der Waals surface area contributed by atoms with Crippen LogP contribution >= 0.6 is 0 Å². The van der Waals surface area contributed by atoms with Gasteiger partial charge in [-0.05, 0) is 18.4 Å². The minimum Gasteiger partial charge on any atom is -0.362 e. The van der Waals surface area contributed by atoms with Crippen LogP contribution in [0.3, 0.4) is 0 Å². The molecule has 0 spiro atoms. The minimum absolute atomic E-state index is 0.145. The van der Waals surface area contributed by atoms with Crippen molar-refractivity contribution in [1.29, 1.82) is 0 Å². The fourth-order valence-corrected chi connectivity index (χ4v) is 3.07. The molecular weight excluding hydrogens is 202 g/mol. The van der Waals surface area contributed by atoms with Gasteiger partial charge in [0.2, 0.25) is 0 Å². The molecule has 1 fully saturated rings. The number of fused-ring (bicyclic) bond motifs is 2. The number of nitrogens with one attached hydrogen (secondary N) is 1. The fourth-order valence-electron chi connectivity index (χ4n) is 3.07. The molecule has 1 saturated carbocycles. The summed E-state index contributed by atoms with van der Waals surface area (Å²) in [5.41, 5.74) is 1.91. The van der Waals surface area contributed by atoms with E-state index >= 15 is 0 Å². The molecule has 3 heteroatoms. The van der Waals surface area contributed by atoms with E-state index < -0.39 is 5.79 Å². The molecule has 2 unspecified atom stereocenters. The Balaban J connectivity index is 2.10. The first-order valence-corrected chi connectivity index (χ1v) is 5.96. The summed E-state index contributed by atoms with van der Waals surface area (Å²) in [7, 11) is 0. The van der Waals surface area contributed by atoms with Crippen LogP contribution in [0, 0.1) is 5.92 Å². The van der Waals surface area contributed by atoms with Gasteiger partial charge in [0.1, 0.15) is 0 Å². The van der Waals surface area contributed by atoms with Gasteiger partial charge in [0.15, 0.2) is 5.79 Å². The second-order valence-electron chi connectivity index (χ2n) is 4.89. The zero-order valence-corrected chi connectivity index (χ0v) is 9.19. The molecule has 0 saturated heterocycles. The summed E-state index contributed by atoms with van der Waals surface area (Å²) < 4.78 is 0. The maximum Gasteiger partial charge on any atom is 0.187 e. The van der Waals surface area contributed by atoms with Crippen LogP contribution in [-0.2, 0) is 0 Å². The number of allylic oxidation sites excluding steroid dienone is 3. The average Bonchev–Trinajstić information content (AvgIpc) is 2.28. The number of rotatable bonds is 0. The topological polar surface area (TPSA) is 52.5 Å². The van der Waals surface area contributed by atoms with Gasteiger partial charge in [0.05, 0.1) is 0 Å². The number of hydrogen-bond donors (Lipinski definition) is 3. The first kappa shape index (κ1) is 10.3. The smallest absolute Gasteiger partial charge is 0.187 e. The van der Waals surface area contributed by atoms with E-state index in [1.807, 2.05) is 18.2 Å². The third-order valence-corrected chi connectivity index (χ3v) is 3.82. The van der Waals surface area contributed by atoms with E-state index in [0.717, 1.165) is 30.5 Å². The summed E-state index contributed by atoms with van der Waals surface area (Å²) in [4.78, 5) is 0. The fraction of sp³-hybridized carbons (Fsp3) is 0.538. The molecule has 1 aliphatic heterocycles. The molecular formula is C13H17NO2. The van der Waals surface area contributed by atoms with E-state index in [9.17, 15) is 10.2 Å². The Kier molecular flexibility index (Phi) is 2.28. The van der Waals surface area contributed by atoms with Crippen molar-refractivity contribution in [1.82, 2.24) is 5.32 Å². The highest BCUT2D eigenvalue weighted by molar-refractivity contribution is 5.44. The third kappa shape index (κ3) is 1.47. The van der Waals surface area contributed by atoms with Crippen LogP contribution in [0.2, 0.25) is 0 Å². The van der Waals surface area contributed by atoms with Crippen LogP contribution in [0.1, 0.15) is 19.3 Å². The van der Waals surface area contributed by atoms with Crippen molar-refractivity contribution in [3.05, 3.63) is 35.5 Å². The average molecular weight is 219 g/mol. The highest BCUT2D eigenvalue weighted by atomic mass is 16.5. The van der Waals surface area contributed by atoms with E-state index in [0.29, 0.717) is 12.3 Å². The Morgan fingerprint density at radius 3 is 3.06 bits per heavy atom. The van der Waals surface area contributed by atoms with E-state index in [1.165, 1.54) is 0 Å². The van der Waals surface area contributed by atoms with Crippen molar-refractivity contribution < 1.29 is 10.2 Å². The van der Waals surface area contributed by atoms with Crippen LogP contribution in [0.15, 0.2) is 35.5 Å². The van der Waals surface area contributed by atoms with Crippen LogP contribution in [0.25, 0.3) is 0 Å². The first-order valence-electron chi connectivity index (χ1n) is 5.96. The van der Waals surface area contributed by atoms with Gasteiger partial charge >= 0.3 is 0 Å². The molecule has 86 valence electrons. The molecule has 3 N–H and O–H groups in total. The predicted molar refractivity (Wildman–Crippen MR) is 61.6 cm³/mol. The third-order valence-electron chi connectivity index (χ3n) is 3.82. The minimum atomic E-state index is -1.61. The van der Waals surface area contributed by atoms with Gasteiger partial charge in [0.25, 0.3) is 0 Å². The van der Waals surface area contributed by atoms with E-state index in [4.69, 9.17) is 0 Å². The van der Waals surface area contributed by atoms with Gasteiger partial charge in [0, 0.05) is 30.5 Å². The summed E-state index contributed by atoms with van der Waals surface area (Å²) in [6.45, 7) is 0.903. The normalized spacial score (nSPS) is 35.9. The van der Waals surface area contributed by atoms with Gasteiger partial charge < -0.3 is 15.5 Å². The highest BCUT2D eigenvalue weighted by Gasteiger charge is 2.42. The van der Waals surface area contributed by atoms with Gasteiger partial charge in [-0.2, -0.15) is 0 Å². The maximum atomic E-state index is 10.1. The standard InChI is InChI=1S/C13H17NO2/c15-13(16)7-3-6-11-12(13)10-5-2-1-4-9(10)8-14-11/h1-2,4-5,9,11,14-16H,3,6-8H2. The Hall–Kier alpha value is -0.900. The molecule has 0 amide bonds. The molecule has 2 aliphatic carbocycles. The lowest BCUT2D eigenvalue weighted by atomic mass is 9.75. The van der Waals surface area contributed by atoms with Crippen molar-refractivity contribution in [3.63, 3.8) is 0 Å². The number of hydrogen-bond acceptors (Lipinski definition) is 3. The molecule has 0 aromatic heterocycles. The second-order valence-corrected chi connectivity index (χ2v) is 4.89. The lowest BCUT2D eigenvalue weighted by Gasteiger charge is -2.43. The lowest BCUT2D eigenvalue weighted by molar-refractivity contribution is -0.147. The molecule has 3 nitrogen and oxygen atoms in total. The molecule has 3 rings (SSSR count). The highest BCUT2D eigenvalue weighted by Crippen LogP contribution is 2.39. The zero-order chi connectivity index (χ0) is 11.2. The van der Waals surface area contributed by atoms with Gasteiger partial charge in [-0.3, -0.25) is 0 Å². The molecule has 2 atom stereocenters. The first-order chi connectivity index (χ1) is 7.68. The van der Waals surface area contributed by atoms with Gasteiger partial charge in [-0.1, -0.05) is 24.3 Å². The zero-order valence-electron chi connectivity index (χ0n) is 9.19. The Labute approximate surface area is 95.2 Å². The molecule has 0 radical (unpaired) electrons. The van der Waals surface area contributed by atoms with Crippen LogP contribution < -0.4 is 5.32 Å². The van der Waals surface area contributed by atoms with Crippen LogP contribution in [-0.4, -0.2) is 28.6 Å². The second kappa shape index (κ2) is 3.55. The van der Waals surface area contributed by atoms with Crippen LogP contribution in [0.4, 0.5) is 0 Å². The van der Waals surface area contributed by atoms with E-state index in [2.05, 4.69) is 11.4 Å². The Morgan fingerprint density at radius 2 is 2.19 bits per heavy atom. The Morgan fingerprint density at radius 1 is 1.31 bits per heavy atom. The monoisotopic (exact) mass is 219 g/mol. The van der Waals surface area contributed by atoms with E-state index in [1.54, 1.807) is 0 Å². The number of aliphatic hydroxyl groups is 2. The Bertz CT molecular complexity index is 393. The van der Waals surface area contributed by atoms with Crippen molar-refractivity contribution >= 4 is 0 Å². The summed E-state index contributed by atoms with van der Waals surface area (Å²) in [6.07, 6.45) is 10.5. The molecule has 0 aromatic carbocycles. The van der Waals surface area contributed by atoms with E-state index in [-0.39, 0.29) is 6.04 Å². The summed E-state index contributed by atoms with van der Waals surface area (Å²) in [5.74, 6) is -1.31. The molecule has 16 heavy (non-hydrogen) atoms. The summed E-state index contributed by atoms with van der Waals surface area (Å²) in [5, 5.41) is 23.6.